The molecule has 0 spiro atoms. The highest BCUT2D eigenvalue weighted by molar-refractivity contribution is 7.98. The van der Waals surface area contributed by atoms with E-state index < -0.39 is 46.2 Å². The van der Waals surface area contributed by atoms with E-state index in [0.29, 0.717) is 12.1 Å². The first-order valence-corrected chi connectivity index (χ1v) is 12.1. The average molecular weight is 491 g/mol. The van der Waals surface area contributed by atoms with Gasteiger partial charge in [-0.05, 0) is 26.3 Å². The Kier molecular flexibility index (Phi) is 7.37. The molecule has 1 fully saturated rings. The van der Waals surface area contributed by atoms with Gasteiger partial charge in [0.1, 0.15) is 11.7 Å². The van der Waals surface area contributed by atoms with Gasteiger partial charge in [-0.2, -0.15) is 17.7 Å². The fourth-order valence-electron chi connectivity index (χ4n) is 3.03. The maximum Gasteiger partial charge on any atom is 0.277 e. The molecule has 3 rings (SSSR count). The van der Waals surface area contributed by atoms with E-state index in [1.165, 1.54) is 18.2 Å². The highest BCUT2D eigenvalue weighted by Gasteiger charge is 2.39. The quantitative estimate of drug-likeness (QED) is 0.355. The van der Waals surface area contributed by atoms with Crippen LogP contribution in [0, 0.1) is 11.6 Å². The van der Waals surface area contributed by atoms with Crippen molar-refractivity contribution >= 4 is 22.0 Å². The van der Waals surface area contributed by atoms with E-state index in [4.69, 9.17) is 9.88 Å². The summed E-state index contributed by atoms with van der Waals surface area (Å²) in [4.78, 5) is 8.62. The number of thioether (sulfide) groups is 1. The van der Waals surface area contributed by atoms with E-state index in [9.17, 15) is 27.4 Å². The van der Waals surface area contributed by atoms with Gasteiger partial charge in [0, 0.05) is 23.9 Å². The summed E-state index contributed by atoms with van der Waals surface area (Å²) in [5.74, 6) is -1.91. The van der Waals surface area contributed by atoms with Crippen molar-refractivity contribution in [2.24, 2.45) is 5.14 Å². The maximum absolute atomic E-state index is 14.0. The van der Waals surface area contributed by atoms with Gasteiger partial charge in [0.15, 0.2) is 16.8 Å². The van der Waals surface area contributed by atoms with Crippen LogP contribution < -0.4 is 9.88 Å². The molecule has 0 amide bonds. The van der Waals surface area contributed by atoms with Crippen molar-refractivity contribution in [3.05, 3.63) is 47.2 Å². The Morgan fingerprint density at radius 2 is 2.09 bits per heavy atom. The van der Waals surface area contributed by atoms with Crippen molar-refractivity contribution in [3.8, 4) is 5.88 Å². The van der Waals surface area contributed by atoms with E-state index in [1.807, 2.05) is 0 Å². The fraction of sp³-hybridized carbons (Fsp3) is 0.474. The van der Waals surface area contributed by atoms with Gasteiger partial charge in [0.2, 0.25) is 5.88 Å². The Morgan fingerprint density at radius 1 is 1.38 bits per heavy atom. The standard InChI is InChI=1S/C19H24F2N4O5S2/c1-19(2,15(27)9-26)30-16-8-13(14-6-7-25(14)32(22,28)29)23-18(24-16)31-10-11-4-3-5-12(20)17(11)21/h3-5,8,14-15,26-27H,6-7,9-10H2,1-2H3,(H2,22,28,29)/t14?,15-/m1/s1. The molecule has 13 heteroatoms. The molecule has 1 saturated heterocycles. The number of aliphatic hydroxyl groups excluding tert-OH is 2. The SMILES string of the molecule is CC(C)(Oc1cc(C2CCN2S(N)(=O)=O)nc(SCc2cccc(F)c2F)n1)[C@H](O)CO. The minimum absolute atomic E-state index is 0.0126. The Hall–Kier alpha value is -1.90. The number of aromatic nitrogens is 2. The molecule has 1 unspecified atom stereocenters. The van der Waals surface area contributed by atoms with Crippen LogP contribution in [0.2, 0.25) is 0 Å². The van der Waals surface area contributed by atoms with Crippen LogP contribution in [0.25, 0.3) is 0 Å². The first-order chi connectivity index (χ1) is 14.9. The van der Waals surface area contributed by atoms with Crippen molar-refractivity contribution in [3.63, 3.8) is 0 Å². The summed E-state index contributed by atoms with van der Waals surface area (Å²) in [5.41, 5.74) is -0.806. The normalized spacial score (nSPS) is 18.3. The van der Waals surface area contributed by atoms with Crippen LogP contribution in [-0.2, 0) is 16.0 Å². The van der Waals surface area contributed by atoms with Gasteiger partial charge < -0.3 is 14.9 Å². The number of hydrogen-bond acceptors (Lipinski definition) is 8. The highest BCUT2D eigenvalue weighted by atomic mass is 32.2. The molecule has 1 aromatic heterocycles. The lowest BCUT2D eigenvalue weighted by Crippen LogP contribution is -2.48. The highest BCUT2D eigenvalue weighted by Crippen LogP contribution is 2.36. The molecular weight excluding hydrogens is 466 g/mol. The molecule has 1 aliphatic rings. The zero-order chi connectivity index (χ0) is 23.7. The van der Waals surface area contributed by atoms with Crippen LogP contribution in [0.15, 0.2) is 29.4 Å². The molecule has 2 heterocycles. The number of benzene rings is 1. The molecule has 9 nitrogen and oxygen atoms in total. The number of rotatable bonds is 9. The summed E-state index contributed by atoms with van der Waals surface area (Å²) in [5, 5.41) is 24.6. The van der Waals surface area contributed by atoms with Crippen LogP contribution in [0.4, 0.5) is 8.78 Å². The number of halogens is 2. The van der Waals surface area contributed by atoms with E-state index in [-0.39, 0.29) is 28.9 Å². The second kappa shape index (κ2) is 9.53. The first kappa shape index (κ1) is 24.7. The van der Waals surface area contributed by atoms with Crippen molar-refractivity contribution in [2.75, 3.05) is 13.2 Å². The van der Waals surface area contributed by atoms with Crippen LogP contribution in [0.3, 0.4) is 0 Å². The third kappa shape index (κ3) is 5.53. The molecule has 1 aromatic carbocycles. The summed E-state index contributed by atoms with van der Waals surface area (Å²) in [7, 11) is -3.95. The number of nitrogens with two attached hydrogens (primary N) is 1. The van der Waals surface area contributed by atoms with Crippen molar-refractivity contribution in [2.45, 2.75) is 48.9 Å². The summed E-state index contributed by atoms with van der Waals surface area (Å²) >= 11 is 1.01. The molecule has 0 bridgehead atoms. The number of hydrogen-bond donors (Lipinski definition) is 3. The van der Waals surface area contributed by atoms with Crippen LogP contribution in [-0.4, -0.2) is 57.8 Å². The van der Waals surface area contributed by atoms with Crippen molar-refractivity contribution < 1.29 is 32.1 Å². The monoisotopic (exact) mass is 490 g/mol. The van der Waals surface area contributed by atoms with Crippen molar-refractivity contribution in [1.82, 2.24) is 14.3 Å². The van der Waals surface area contributed by atoms with E-state index in [1.54, 1.807) is 13.8 Å². The second-order valence-corrected chi connectivity index (χ2v) is 10.2. The van der Waals surface area contributed by atoms with E-state index >= 15 is 0 Å². The van der Waals surface area contributed by atoms with Gasteiger partial charge in [-0.1, -0.05) is 23.9 Å². The molecule has 0 radical (unpaired) electrons. The van der Waals surface area contributed by atoms with Gasteiger partial charge in [0.25, 0.3) is 10.2 Å². The van der Waals surface area contributed by atoms with Gasteiger partial charge in [0.05, 0.1) is 18.3 Å². The summed E-state index contributed by atoms with van der Waals surface area (Å²) < 4.78 is 57.9. The molecule has 176 valence electrons. The smallest absolute Gasteiger partial charge is 0.277 e. The van der Waals surface area contributed by atoms with Gasteiger partial charge in [-0.3, -0.25) is 0 Å². The predicted octanol–water partition coefficient (Wildman–Crippen LogP) is 1.51. The first-order valence-electron chi connectivity index (χ1n) is 9.64. The third-order valence-electron chi connectivity index (χ3n) is 5.07. The molecule has 2 aromatic rings. The number of nitrogens with zero attached hydrogens (tertiary/aromatic N) is 3. The summed E-state index contributed by atoms with van der Waals surface area (Å²) in [6.45, 7) is 2.78. The molecule has 2 atom stereocenters. The van der Waals surface area contributed by atoms with Gasteiger partial charge in [-0.25, -0.2) is 18.9 Å². The number of aliphatic hydroxyl groups is 2. The minimum Gasteiger partial charge on any atom is -0.469 e. The van der Waals surface area contributed by atoms with Crippen LogP contribution >= 0.6 is 11.8 Å². The minimum atomic E-state index is -3.95. The molecule has 1 aliphatic heterocycles. The maximum atomic E-state index is 14.0. The molecular formula is C19H24F2N4O5S2. The average Bonchev–Trinajstić information content (AvgIpc) is 2.65. The zero-order valence-electron chi connectivity index (χ0n) is 17.4. The third-order valence-corrected chi connectivity index (χ3v) is 7.06. The summed E-state index contributed by atoms with van der Waals surface area (Å²) in [6, 6.07) is 4.63. The lowest BCUT2D eigenvalue weighted by molar-refractivity contribution is -0.0568. The van der Waals surface area contributed by atoms with Crippen molar-refractivity contribution in [1.29, 1.82) is 0 Å². The molecule has 0 saturated carbocycles. The van der Waals surface area contributed by atoms with E-state index in [0.717, 1.165) is 22.1 Å². The Bertz CT molecular complexity index is 1090. The topological polar surface area (TPSA) is 139 Å². The number of ether oxygens (including phenoxy) is 1. The predicted molar refractivity (Wildman–Crippen MR) is 113 cm³/mol. The lowest BCUT2D eigenvalue weighted by atomic mass is 10.0. The molecule has 4 N–H and O–H groups in total. The Labute approximate surface area is 188 Å². The summed E-state index contributed by atoms with van der Waals surface area (Å²) in [6.07, 6.45) is -0.749. The zero-order valence-corrected chi connectivity index (χ0v) is 19.0. The molecule has 0 aliphatic carbocycles. The Balaban J connectivity index is 1.92. The largest absolute Gasteiger partial charge is 0.469 e. The van der Waals surface area contributed by atoms with Crippen LogP contribution in [0.1, 0.15) is 37.6 Å². The second-order valence-electron chi connectivity index (χ2n) is 7.78. The molecule has 32 heavy (non-hydrogen) atoms. The Morgan fingerprint density at radius 3 is 2.69 bits per heavy atom. The van der Waals surface area contributed by atoms with E-state index in [2.05, 4.69) is 9.97 Å². The van der Waals surface area contributed by atoms with Crippen LogP contribution in [0.5, 0.6) is 5.88 Å². The van der Waals surface area contributed by atoms with Gasteiger partial charge in [-0.15, -0.1) is 0 Å². The van der Waals surface area contributed by atoms with Gasteiger partial charge >= 0.3 is 0 Å². The lowest BCUT2D eigenvalue weighted by Gasteiger charge is -2.38. The fourth-order valence-corrected chi connectivity index (χ4v) is 4.79.